The summed E-state index contributed by atoms with van der Waals surface area (Å²) in [6.45, 7) is 0. The molecule has 0 spiro atoms. The second-order valence-corrected chi connectivity index (χ2v) is 5.12. The molecular weight excluding hydrogens is 336 g/mol. The minimum Gasteiger partial charge on any atom is -0.506 e. The van der Waals surface area contributed by atoms with Crippen molar-refractivity contribution >= 4 is 53.8 Å². The summed E-state index contributed by atoms with van der Waals surface area (Å²) in [5.41, 5.74) is 1.75. The van der Waals surface area contributed by atoms with E-state index in [0.29, 0.717) is 8.95 Å². The average Bonchev–Trinajstić information content (AvgIpc) is 2.64. The van der Waals surface area contributed by atoms with Gasteiger partial charge in [0.2, 0.25) is 0 Å². The first-order chi connectivity index (χ1) is 7.68. The van der Waals surface area contributed by atoms with E-state index in [4.69, 9.17) is 0 Å². The molecule has 3 rings (SSSR count). The van der Waals surface area contributed by atoms with E-state index in [1.165, 1.54) is 0 Å². The van der Waals surface area contributed by atoms with Gasteiger partial charge in [0.1, 0.15) is 11.4 Å². The molecule has 2 N–H and O–H groups in total. The first-order valence-corrected chi connectivity index (χ1v) is 6.20. The van der Waals surface area contributed by atoms with Gasteiger partial charge in [-0.1, -0.05) is 0 Å². The molecule has 0 unspecified atom stereocenters. The molecule has 0 saturated carbocycles. The van der Waals surface area contributed by atoms with Crippen LogP contribution in [0.4, 0.5) is 0 Å². The van der Waals surface area contributed by atoms with Crippen LogP contribution in [0.25, 0.3) is 21.9 Å². The number of rotatable bonds is 0. The number of phenols is 1. The summed E-state index contributed by atoms with van der Waals surface area (Å²) in [4.78, 5) is 7.45. The molecule has 0 amide bonds. The van der Waals surface area contributed by atoms with E-state index in [1.807, 2.05) is 18.2 Å². The molecule has 5 heteroatoms. The normalized spacial score (nSPS) is 11.4. The fourth-order valence-corrected chi connectivity index (χ4v) is 3.14. The van der Waals surface area contributed by atoms with Gasteiger partial charge in [-0.3, -0.25) is 0 Å². The van der Waals surface area contributed by atoms with Crippen LogP contribution in [0.5, 0.6) is 5.75 Å². The van der Waals surface area contributed by atoms with Crippen molar-refractivity contribution in [2.24, 2.45) is 0 Å². The second kappa shape index (κ2) is 3.46. The largest absolute Gasteiger partial charge is 0.506 e. The maximum absolute atomic E-state index is 9.85. The third-order valence-corrected chi connectivity index (χ3v) is 3.90. The van der Waals surface area contributed by atoms with E-state index in [0.717, 1.165) is 21.9 Å². The molecule has 0 atom stereocenters. The van der Waals surface area contributed by atoms with Gasteiger partial charge in [0.25, 0.3) is 0 Å². The third-order valence-electron chi connectivity index (χ3n) is 2.52. The average molecular weight is 342 g/mol. The zero-order valence-corrected chi connectivity index (χ0v) is 11.1. The van der Waals surface area contributed by atoms with E-state index >= 15 is 0 Å². The van der Waals surface area contributed by atoms with Crippen LogP contribution in [0.3, 0.4) is 0 Å². The number of H-pyrrole nitrogens is 1. The van der Waals surface area contributed by atoms with Crippen molar-refractivity contribution in [1.82, 2.24) is 9.97 Å². The molecule has 0 aliphatic heterocycles. The molecule has 0 radical (unpaired) electrons. The predicted octanol–water partition coefficient (Wildman–Crippen LogP) is 3.95. The standard InChI is InChI=1S/C11H6Br2N2O/c12-6-4-7-8(9(13)10(6)16)5-2-1-3-14-11(5)15-7/h1-4,16H,(H,14,15). The highest BCUT2D eigenvalue weighted by Gasteiger charge is 2.13. The Morgan fingerprint density at radius 1 is 1.31 bits per heavy atom. The molecule has 2 heterocycles. The highest BCUT2D eigenvalue weighted by molar-refractivity contribution is 9.11. The van der Waals surface area contributed by atoms with Gasteiger partial charge in [-0.25, -0.2) is 4.98 Å². The fourth-order valence-electron chi connectivity index (χ4n) is 1.80. The molecule has 2 aromatic heterocycles. The number of halogens is 2. The summed E-state index contributed by atoms with van der Waals surface area (Å²) in [6, 6.07) is 5.69. The molecule has 16 heavy (non-hydrogen) atoms. The molecule has 0 aliphatic carbocycles. The van der Waals surface area contributed by atoms with Crippen LogP contribution in [-0.2, 0) is 0 Å². The summed E-state index contributed by atoms with van der Waals surface area (Å²) >= 11 is 6.71. The number of fused-ring (bicyclic) bond motifs is 3. The van der Waals surface area contributed by atoms with Crippen LogP contribution < -0.4 is 0 Å². The van der Waals surface area contributed by atoms with Gasteiger partial charge >= 0.3 is 0 Å². The number of benzene rings is 1. The lowest BCUT2D eigenvalue weighted by molar-refractivity contribution is 0.469. The molecular formula is C11H6Br2N2O. The van der Waals surface area contributed by atoms with Crippen molar-refractivity contribution in [2.45, 2.75) is 0 Å². The minimum absolute atomic E-state index is 0.206. The molecule has 3 nitrogen and oxygen atoms in total. The number of nitrogens with zero attached hydrogens (tertiary/aromatic N) is 1. The van der Waals surface area contributed by atoms with Crippen LogP contribution in [0, 0.1) is 0 Å². The van der Waals surface area contributed by atoms with Crippen molar-refractivity contribution in [3.05, 3.63) is 33.3 Å². The SMILES string of the molecule is Oc1c(Br)cc2[nH]c3ncccc3c2c1Br. The van der Waals surface area contributed by atoms with Crippen LogP contribution >= 0.6 is 31.9 Å². The molecule has 0 fully saturated rings. The first-order valence-electron chi connectivity index (χ1n) is 4.62. The van der Waals surface area contributed by atoms with Crippen LogP contribution in [0.15, 0.2) is 33.3 Å². The van der Waals surface area contributed by atoms with Crippen LogP contribution in [-0.4, -0.2) is 15.1 Å². The van der Waals surface area contributed by atoms with Crippen LogP contribution in [0.2, 0.25) is 0 Å². The first kappa shape index (κ1) is 10.1. The van der Waals surface area contributed by atoms with Gasteiger partial charge in [-0.15, -0.1) is 0 Å². The van der Waals surface area contributed by atoms with Gasteiger partial charge in [0.15, 0.2) is 0 Å². The Morgan fingerprint density at radius 2 is 2.12 bits per heavy atom. The van der Waals surface area contributed by atoms with Gasteiger partial charge in [-0.2, -0.15) is 0 Å². The highest BCUT2D eigenvalue weighted by Crippen LogP contribution is 2.41. The van der Waals surface area contributed by atoms with E-state index in [2.05, 4.69) is 41.8 Å². The van der Waals surface area contributed by atoms with Gasteiger partial charge < -0.3 is 10.1 Å². The Morgan fingerprint density at radius 3 is 2.94 bits per heavy atom. The quantitative estimate of drug-likeness (QED) is 0.650. The lowest BCUT2D eigenvalue weighted by atomic mass is 10.2. The van der Waals surface area contributed by atoms with Gasteiger partial charge in [-0.05, 0) is 50.1 Å². The lowest BCUT2D eigenvalue weighted by Crippen LogP contribution is -1.75. The van der Waals surface area contributed by atoms with E-state index < -0.39 is 0 Å². The smallest absolute Gasteiger partial charge is 0.144 e. The Balaban J connectivity index is 2.62. The number of aromatic hydroxyl groups is 1. The number of aromatic amines is 1. The van der Waals surface area contributed by atoms with Gasteiger partial charge in [0, 0.05) is 17.0 Å². The van der Waals surface area contributed by atoms with Crippen molar-refractivity contribution in [2.75, 3.05) is 0 Å². The summed E-state index contributed by atoms with van der Waals surface area (Å²) in [6.07, 6.45) is 1.74. The van der Waals surface area contributed by atoms with Crippen molar-refractivity contribution in [1.29, 1.82) is 0 Å². The number of aromatic nitrogens is 2. The van der Waals surface area contributed by atoms with E-state index in [1.54, 1.807) is 6.20 Å². The van der Waals surface area contributed by atoms with E-state index in [-0.39, 0.29) is 5.75 Å². The monoisotopic (exact) mass is 340 g/mol. The maximum Gasteiger partial charge on any atom is 0.144 e. The number of hydrogen-bond donors (Lipinski definition) is 2. The van der Waals surface area contributed by atoms with E-state index in [9.17, 15) is 5.11 Å². The third kappa shape index (κ3) is 1.28. The summed E-state index contributed by atoms with van der Waals surface area (Å²) in [5, 5.41) is 11.8. The number of nitrogens with one attached hydrogen (secondary N) is 1. The predicted molar refractivity (Wildman–Crippen MR) is 70.7 cm³/mol. The summed E-state index contributed by atoms with van der Waals surface area (Å²) < 4.78 is 1.33. The lowest BCUT2D eigenvalue weighted by Gasteiger charge is -2.01. The maximum atomic E-state index is 9.85. The zero-order chi connectivity index (χ0) is 11.3. The Labute approximate surface area is 108 Å². The van der Waals surface area contributed by atoms with Crippen molar-refractivity contribution in [3.63, 3.8) is 0 Å². The molecule has 80 valence electrons. The fraction of sp³-hybridized carbons (Fsp3) is 0. The van der Waals surface area contributed by atoms with Crippen molar-refractivity contribution < 1.29 is 5.11 Å². The highest BCUT2D eigenvalue weighted by atomic mass is 79.9. The molecule has 0 bridgehead atoms. The number of phenolic OH excluding ortho intramolecular Hbond substituents is 1. The number of pyridine rings is 1. The topological polar surface area (TPSA) is 48.9 Å². The Bertz CT molecular complexity index is 706. The Hall–Kier alpha value is -1.07. The molecule has 1 aromatic carbocycles. The van der Waals surface area contributed by atoms with Crippen LogP contribution in [0.1, 0.15) is 0 Å². The molecule has 3 aromatic rings. The van der Waals surface area contributed by atoms with Gasteiger partial charge in [0.05, 0.1) is 14.5 Å². The van der Waals surface area contributed by atoms with Crippen molar-refractivity contribution in [3.8, 4) is 5.75 Å². The number of hydrogen-bond acceptors (Lipinski definition) is 2. The summed E-state index contributed by atoms with van der Waals surface area (Å²) in [5.74, 6) is 0.206. The summed E-state index contributed by atoms with van der Waals surface area (Å²) in [7, 11) is 0. The second-order valence-electron chi connectivity index (χ2n) is 3.47. The molecule has 0 aliphatic rings. The Kier molecular flexibility index (Phi) is 2.19. The minimum atomic E-state index is 0.206. The zero-order valence-electron chi connectivity index (χ0n) is 7.96. The molecule has 0 saturated heterocycles.